The average molecular weight is 1350 g/mol. The summed E-state index contributed by atoms with van der Waals surface area (Å²) < 4.78 is 68.3. The van der Waals surface area contributed by atoms with Crippen LogP contribution in [0.2, 0.25) is 0 Å². The minimum absolute atomic E-state index is 0.106. The largest absolute Gasteiger partial charge is 0.472 e. The molecule has 92 heavy (non-hydrogen) atoms. The van der Waals surface area contributed by atoms with Crippen molar-refractivity contribution in [3.63, 3.8) is 0 Å². The second kappa shape index (κ2) is 65.0. The molecule has 0 heterocycles. The summed E-state index contributed by atoms with van der Waals surface area (Å²) in [7, 11) is -9.90. The molecule has 0 aliphatic rings. The summed E-state index contributed by atoms with van der Waals surface area (Å²) in [6, 6.07) is 0. The lowest BCUT2D eigenvalue weighted by Gasteiger charge is -2.21. The molecule has 0 fully saturated rings. The third kappa shape index (κ3) is 66.7. The van der Waals surface area contributed by atoms with E-state index in [2.05, 4.69) is 41.5 Å². The number of aliphatic hydroxyl groups is 1. The number of aliphatic hydroxyl groups excluding tert-OH is 1. The van der Waals surface area contributed by atoms with Crippen molar-refractivity contribution in [1.29, 1.82) is 0 Å². The van der Waals surface area contributed by atoms with Crippen LogP contribution in [-0.4, -0.2) is 96.7 Å². The molecule has 0 aromatic rings. The van der Waals surface area contributed by atoms with Crippen LogP contribution in [0.25, 0.3) is 0 Å². The molecule has 0 spiro atoms. The maximum atomic E-state index is 13.1. The topological polar surface area (TPSA) is 237 Å². The smallest absolute Gasteiger partial charge is 0.462 e. The van der Waals surface area contributed by atoms with E-state index in [1.807, 2.05) is 0 Å². The Morgan fingerprint density at radius 1 is 0.293 bits per heavy atom. The number of phosphoric ester groups is 2. The van der Waals surface area contributed by atoms with Crippen molar-refractivity contribution in [2.24, 2.45) is 11.8 Å². The third-order valence-electron chi connectivity index (χ3n) is 17.0. The van der Waals surface area contributed by atoms with Gasteiger partial charge in [-0.2, -0.15) is 0 Å². The van der Waals surface area contributed by atoms with Crippen molar-refractivity contribution in [2.75, 3.05) is 39.6 Å². The van der Waals surface area contributed by atoms with Gasteiger partial charge in [-0.1, -0.05) is 324 Å². The molecule has 17 nitrogen and oxygen atoms in total. The fraction of sp³-hybridized carbons (Fsp3) is 0.945. The van der Waals surface area contributed by atoms with Gasteiger partial charge in [0.2, 0.25) is 0 Å². The van der Waals surface area contributed by atoms with Crippen molar-refractivity contribution >= 4 is 39.5 Å². The average Bonchev–Trinajstić information content (AvgIpc) is 1.87. The Morgan fingerprint density at radius 3 is 0.739 bits per heavy atom. The lowest BCUT2D eigenvalue weighted by atomic mass is 10.0. The monoisotopic (exact) mass is 1350 g/mol. The number of carbonyl (C=O) groups is 4. The van der Waals surface area contributed by atoms with E-state index >= 15 is 0 Å². The highest BCUT2D eigenvalue weighted by atomic mass is 31.2. The van der Waals surface area contributed by atoms with Crippen LogP contribution in [0.15, 0.2) is 0 Å². The Hall–Kier alpha value is -1.94. The maximum Gasteiger partial charge on any atom is 0.472 e. The predicted octanol–water partition coefficient (Wildman–Crippen LogP) is 21.2. The molecule has 0 saturated carbocycles. The van der Waals surface area contributed by atoms with Crippen LogP contribution in [0.4, 0.5) is 0 Å². The number of hydrogen-bond acceptors (Lipinski definition) is 15. The Bertz CT molecular complexity index is 1790. The van der Waals surface area contributed by atoms with Gasteiger partial charge in [-0.05, 0) is 37.5 Å². The highest BCUT2D eigenvalue weighted by molar-refractivity contribution is 7.47. The molecule has 0 amide bonds. The van der Waals surface area contributed by atoms with E-state index in [0.717, 1.165) is 108 Å². The van der Waals surface area contributed by atoms with Gasteiger partial charge in [0.15, 0.2) is 12.2 Å². The minimum Gasteiger partial charge on any atom is -0.462 e. The predicted molar refractivity (Wildman–Crippen MR) is 372 cm³/mol. The number of ether oxygens (including phenoxy) is 4. The summed E-state index contributed by atoms with van der Waals surface area (Å²) >= 11 is 0. The Labute approximate surface area is 562 Å². The zero-order valence-electron chi connectivity index (χ0n) is 59.9. The fourth-order valence-corrected chi connectivity index (χ4v) is 12.7. The summed E-state index contributed by atoms with van der Waals surface area (Å²) in [6.07, 6.45) is 51.4. The zero-order chi connectivity index (χ0) is 67.9. The van der Waals surface area contributed by atoms with Crippen LogP contribution in [0.5, 0.6) is 0 Å². The van der Waals surface area contributed by atoms with Crippen LogP contribution >= 0.6 is 15.6 Å². The van der Waals surface area contributed by atoms with Gasteiger partial charge in [-0.25, -0.2) is 9.13 Å². The molecule has 0 aromatic heterocycles. The molecule has 0 saturated heterocycles. The molecule has 2 unspecified atom stereocenters. The molecular weight excluding hydrogens is 1210 g/mol. The summed E-state index contributed by atoms with van der Waals surface area (Å²) in [5.41, 5.74) is 0. The number of phosphoric acid groups is 2. The lowest BCUT2D eigenvalue weighted by molar-refractivity contribution is -0.161. The first-order valence-corrected chi connectivity index (χ1v) is 41.0. The second-order valence-corrected chi connectivity index (χ2v) is 30.2. The summed E-state index contributed by atoms with van der Waals surface area (Å²) in [5.74, 6) is -0.528. The van der Waals surface area contributed by atoms with Gasteiger partial charge < -0.3 is 33.8 Å². The van der Waals surface area contributed by atoms with Crippen molar-refractivity contribution in [3.05, 3.63) is 0 Å². The molecular formula is C73H142O17P2. The molecule has 0 rings (SSSR count). The van der Waals surface area contributed by atoms with E-state index in [-0.39, 0.29) is 25.7 Å². The van der Waals surface area contributed by atoms with E-state index in [0.29, 0.717) is 25.7 Å². The van der Waals surface area contributed by atoms with E-state index in [4.69, 9.17) is 37.0 Å². The van der Waals surface area contributed by atoms with E-state index < -0.39 is 97.5 Å². The highest BCUT2D eigenvalue weighted by Crippen LogP contribution is 2.45. The van der Waals surface area contributed by atoms with Crippen molar-refractivity contribution in [2.45, 2.75) is 394 Å². The van der Waals surface area contributed by atoms with E-state index in [9.17, 15) is 43.2 Å². The second-order valence-electron chi connectivity index (χ2n) is 27.3. The first kappa shape index (κ1) is 90.1. The van der Waals surface area contributed by atoms with Gasteiger partial charge in [-0.3, -0.25) is 37.3 Å². The standard InChI is InChI=1S/C73H142O17P2/c1-7-9-11-13-15-17-32-39-45-51-57-72(77)89-68(61-83-70(75)55-49-43-37-16-14-12-10-8-2)63-87-91(79,80)85-59-67(74)60-86-92(81,82)88-64-69(62-84-71(76)56-50-44-38-33-28-25-21-23-27-31-36-42-48-54-66(5)6)90-73(78)58-52-46-40-34-29-24-20-18-19-22-26-30-35-41-47-53-65(3)4/h65-69,74H,7-64H2,1-6H3,(H,79,80)(H,81,82)/t67-,68+,69+/m0/s1. The van der Waals surface area contributed by atoms with Gasteiger partial charge in [0.25, 0.3) is 0 Å². The molecule has 0 aliphatic heterocycles. The molecule has 0 bridgehead atoms. The van der Waals surface area contributed by atoms with Gasteiger partial charge in [0.1, 0.15) is 19.3 Å². The number of unbranched alkanes of at least 4 members (excludes halogenated alkanes) is 42. The number of esters is 4. The van der Waals surface area contributed by atoms with Crippen molar-refractivity contribution < 1.29 is 80.2 Å². The quantitative estimate of drug-likeness (QED) is 0.0222. The molecule has 3 N–H and O–H groups in total. The van der Waals surface area contributed by atoms with E-state index in [1.165, 1.54) is 186 Å². The molecule has 5 atom stereocenters. The SMILES string of the molecule is CCCCCCCCCCCCC(=O)O[C@H](COC(=O)CCCCCCCCCC)COP(=O)(O)OC[C@H](O)COP(=O)(O)OC[C@@H](COC(=O)CCCCCCCCCCCCCCCC(C)C)OC(=O)CCCCCCCCCCCCCCCCCC(C)C. The molecule has 0 aliphatic carbocycles. The first-order valence-electron chi connectivity index (χ1n) is 38.0. The van der Waals surface area contributed by atoms with Gasteiger partial charge >= 0.3 is 39.5 Å². The summed E-state index contributed by atoms with van der Waals surface area (Å²) in [6.45, 7) is 9.58. The minimum atomic E-state index is -4.95. The highest BCUT2D eigenvalue weighted by Gasteiger charge is 2.30. The lowest BCUT2D eigenvalue weighted by Crippen LogP contribution is -2.30. The summed E-state index contributed by atoms with van der Waals surface area (Å²) in [4.78, 5) is 72.5. The van der Waals surface area contributed by atoms with Crippen LogP contribution in [0, 0.1) is 11.8 Å². The van der Waals surface area contributed by atoms with Crippen LogP contribution < -0.4 is 0 Å². The molecule has 546 valence electrons. The molecule has 0 radical (unpaired) electrons. The maximum absolute atomic E-state index is 13.1. The van der Waals surface area contributed by atoms with Crippen LogP contribution in [0.3, 0.4) is 0 Å². The molecule has 0 aromatic carbocycles. The Kier molecular flexibility index (Phi) is 63.7. The van der Waals surface area contributed by atoms with Crippen LogP contribution in [0.1, 0.15) is 375 Å². The first-order chi connectivity index (χ1) is 44.4. The third-order valence-corrected chi connectivity index (χ3v) is 18.9. The zero-order valence-corrected chi connectivity index (χ0v) is 61.6. The number of rotatable bonds is 72. The van der Waals surface area contributed by atoms with Crippen molar-refractivity contribution in [1.82, 2.24) is 0 Å². The molecule has 19 heteroatoms. The number of hydrogen-bond donors (Lipinski definition) is 3. The normalized spacial score (nSPS) is 14.1. The van der Waals surface area contributed by atoms with Gasteiger partial charge in [0, 0.05) is 25.7 Å². The Balaban J connectivity index is 5.20. The van der Waals surface area contributed by atoms with Gasteiger partial charge in [0.05, 0.1) is 26.4 Å². The van der Waals surface area contributed by atoms with E-state index in [1.54, 1.807) is 0 Å². The fourth-order valence-electron chi connectivity index (χ4n) is 11.1. The van der Waals surface area contributed by atoms with Crippen LogP contribution in [-0.2, 0) is 65.4 Å². The Morgan fingerprint density at radius 2 is 0.500 bits per heavy atom. The summed E-state index contributed by atoms with van der Waals surface area (Å²) in [5, 5.41) is 10.6. The van der Waals surface area contributed by atoms with Gasteiger partial charge in [-0.15, -0.1) is 0 Å². The number of carbonyl (C=O) groups excluding carboxylic acids is 4. The van der Waals surface area contributed by atoms with Crippen molar-refractivity contribution in [3.8, 4) is 0 Å².